The third-order valence-electron chi connectivity index (χ3n) is 5.75. The van der Waals surface area contributed by atoms with Gasteiger partial charge in [-0.1, -0.05) is 6.42 Å². The molecule has 0 spiro atoms. The maximum atomic E-state index is 12.6. The average molecular weight is 299 g/mol. The molecule has 0 aromatic heterocycles. The number of benzene rings is 1. The molecule has 2 fully saturated rings. The van der Waals surface area contributed by atoms with Gasteiger partial charge in [0.2, 0.25) is 0 Å². The highest BCUT2D eigenvalue weighted by Crippen LogP contribution is 2.32. The van der Waals surface area contributed by atoms with Crippen molar-refractivity contribution in [2.24, 2.45) is 0 Å². The van der Waals surface area contributed by atoms with Crippen molar-refractivity contribution in [2.45, 2.75) is 56.7 Å². The molecule has 4 nitrogen and oxygen atoms in total. The van der Waals surface area contributed by atoms with Crippen LogP contribution in [0.1, 0.15) is 48.0 Å². The lowest BCUT2D eigenvalue weighted by atomic mass is 9.82. The zero-order valence-corrected chi connectivity index (χ0v) is 13.3. The Kier molecular flexibility index (Phi) is 3.57. The molecule has 0 radical (unpaired) electrons. The van der Waals surface area contributed by atoms with Crippen molar-refractivity contribution in [3.8, 4) is 0 Å². The smallest absolute Gasteiger partial charge is 0.251 e. The molecule has 1 aromatic rings. The van der Waals surface area contributed by atoms with Crippen molar-refractivity contribution in [2.75, 3.05) is 18.9 Å². The zero-order valence-electron chi connectivity index (χ0n) is 13.3. The van der Waals surface area contributed by atoms with Gasteiger partial charge in [0.1, 0.15) is 0 Å². The summed E-state index contributed by atoms with van der Waals surface area (Å²) in [6.45, 7) is 0.985. The van der Waals surface area contributed by atoms with E-state index in [2.05, 4.69) is 28.6 Å². The van der Waals surface area contributed by atoms with E-state index in [1.165, 1.54) is 30.5 Å². The Bertz CT molecular complexity index is 572. The number of amides is 1. The second kappa shape index (κ2) is 5.58. The Balaban J connectivity index is 1.44. The molecule has 3 heterocycles. The standard InChI is InChI=1S/C18H25N3O/c1-21-15-3-2-4-16(21)11-14(10-15)20-18(22)13-5-6-17-12(9-13)7-8-19-17/h5-6,9,14-16,19H,2-4,7-8,10-11H2,1H3,(H,20,22). The van der Waals surface area contributed by atoms with Crippen LogP contribution in [0.15, 0.2) is 18.2 Å². The lowest BCUT2D eigenvalue weighted by molar-refractivity contribution is 0.0463. The van der Waals surface area contributed by atoms with E-state index in [0.717, 1.165) is 31.4 Å². The normalized spacial score (nSPS) is 30.5. The minimum Gasteiger partial charge on any atom is -0.384 e. The van der Waals surface area contributed by atoms with Crippen LogP contribution in [0.3, 0.4) is 0 Å². The maximum absolute atomic E-state index is 12.6. The Morgan fingerprint density at radius 2 is 2.05 bits per heavy atom. The third-order valence-corrected chi connectivity index (χ3v) is 5.75. The van der Waals surface area contributed by atoms with Crippen LogP contribution in [0.4, 0.5) is 5.69 Å². The molecular formula is C18H25N3O. The van der Waals surface area contributed by atoms with Crippen molar-refractivity contribution in [1.82, 2.24) is 10.2 Å². The number of anilines is 1. The van der Waals surface area contributed by atoms with Crippen LogP contribution < -0.4 is 10.6 Å². The van der Waals surface area contributed by atoms with E-state index in [-0.39, 0.29) is 5.91 Å². The number of hydrogen-bond acceptors (Lipinski definition) is 3. The van der Waals surface area contributed by atoms with Crippen LogP contribution in [0.5, 0.6) is 0 Å². The summed E-state index contributed by atoms with van der Waals surface area (Å²) < 4.78 is 0. The molecule has 2 atom stereocenters. The summed E-state index contributed by atoms with van der Waals surface area (Å²) in [5, 5.41) is 6.63. The third kappa shape index (κ3) is 2.50. The molecule has 2 N–H and O–H groups in total. The Labute approximate surface area is 132 Å². The molecule has 0 saturated carbocycles. The minimum atomic E-state index is 0.0994. The van der Waals surface area contributed by atoms with Gasteiger partial charge in [0, 0.05) is 35.9 Å². The van der Waals surface area contributed by atoms with E-state index in [1.807, 2.05) is 12.1 Å². The molecule has 4 rings (SSSR count). The first-order chi connectivity index (χ1) is 10.7. The summed E-state index contributed by atoms with van der Waals surface area (Å²) in [7, 11) is 2.25. The quantitative estimate of drug-likeness (QED) is 0.881. The molecule has 118 valence electrons. The number of carbonyl (C=O) groups is 1. The van der Waals surface area contributed by atoms with E-state index < -0.39 is 0 Å². The predicted octanol–water partition coefficient (Wildman–Crippen LogP) is 2.40. The highest BCUT2D eigenvalue weighted by molar-refractivity contribution is 5.95. The summed E-state index contributed by atoms with van der Waals surface area (Å²) in [6, 6.07) is 7.69. The van der Waals surface area contributed by atoms with E-state index in [0.29, 0.717) is 18.1 Å². The predicted molar refractivity (Wildman–Crippen MR) is 88.3 cm³/mol. The Morgan fingerprint density at radius 1 is 1.27 bits per heavy atom. The highest BCUT2D eigenvalue weighted by Gasteiger charge is 2.36. The van der Waals surface area contributed by atoms with E-state index >= 15 is 0 Å². The van der Waals surface area contributed by atoms with Crippen molar-refractivity contribution >= 4 is 11.6 Å². The summed E-state index contributed by atoms with van der Waals surface area (Å²) in [5.41, 5.74) is 3.27. The molecule has 3 aliphatic rings. The van der Waals surface area contributed by atoms with Crippen molar-refractivity contribution in [1.29, 1.82) is 0 Å². The van der Waals surface area contributed by atoms with Gasteiger partial charge in [0.15, 0.2) is 0 Å². The number of nitrogens with zero attached hydrogens (tertiary/aromatic N) is 1. The monoisotopic (exact) mass is 299 g/mol. The van der Waals surface area contributed by atoms with Gasteiger partial charge >= 0.3 is 0 Å². The Morgan fingerprint density at radius 3 is 2.82 bits per heavy atom. The average Bonchev–Trinajstić information content (AvgIpc) is 2.95. The van der Waals surface area contributed by atoms with Crippen LogP contribution in [-0.2, 0) is 6.42 Å². The number of carbonyl (C=O) groups excluding carboxylic acids is 1. The summed E-state index contributed by atoms with van der Waals surface area (Å²) >= 11 is 0. The number of nitrogens with one attached hydrogen (secondary N) is 2. The van der Waals surface area contributed by atoms with Gasteiger partial charge in [-0.2, -0.15) is 0 Å². The first-order valence-electron chi connectivity index (χ1n) is 8.60. The molecule has 0 aliphatic carbocycles. The van der Waals surface area contributed by atoms with Gasteiger partial charge in [-0.3, -0.25) is 4.79 Å². The number of hydrogen-bond donors (Lipinski definition) is 2. The van der Waals surface area contributed by atoms with Crippen LogP contribution >= 0.6 is 0 Å². The summed E-state index contributed by atoms with van der Waals surface area (Å²) in [5.74, 6) is 0.0994. The molecule has 4 heteroatoms. The number of fused-ring (bicyclic) bond motifs is 3. The van der Waals surface area contributed by atoms with Gasteiger partial charge in [0.05, 0.1) is 0 Å². The molecule has 2 unspecified atom stereocenters. The van der Waals surface area contributed by atoms with Crippen LogP contribution in [0.25, 0.3) is 0 Å². The second-order valence-electron chi connectivity index (χ2n) is 7.09. The fourth-order valence-corrected chi connectivity index (χ4v) is 4.45. The lowest BCUT2D eigenvalue weighted by Crippen LogP contribution is -2.55. The number of piperidine rings is 2. The molecule has 2 saturated heterocycles. The second-order valence-corrected chi connectivity index (χ2v) is 7.09. The van der Waals surface area contributed by atoms with Gasteiger partial charge in [-0.15, -0.1) is 0 Å². The van der Waals surface area contributed by atoms with Crippen molar-refractivity contribution < 1.29 is 4.79 Å². The minimum absolute atomic E-state index is 0.0994. The molecule has 2 bridgehead atoms. The van der Waals surface area contributed by atoms with Gasteiger partial charge in [-0.05, 0) is 62.9 Å². The first-order valence-corrected chi connectivity index (χ1v) is 8.60. The maximum Gasteiger partial charge on any atom is 0.251 e. The highest BCUT2D eigenvalue weighted by atomic mass is 16.1. The molecular weight excluding hydrogens is 274 g/mol. The van der Waals surface area contributed by atoms with Gasteiger partial charge in [-0.25, -0.2) is 0 Å². The molecule has 1 amide bonds. The van der Waals surface area contributed by atoms with Crippen molar-refractivity contribution in [3.63, 3.8) is 0 Å². The SMILES string of the molecule is CN1C2CCCC1CC(NC(=O)c1ccc3c(c1)CCN3)C2. The van der Waals surface area contributed by atoms with Crippen LogP contribution in [0.2, 0.25) is 0 Å². The van der Waals surface area contributed by atoms with Crippen molar-refractivity contribution in [3.05, 3.63) is 29.3 Å². The number of rotatable bonds is 2. The van der Waals surface area contributed by atoms with E-state index in [4.69, 9.17) is 0 Å². The fraction of sp³-hybridized carbons (Fsp3) is 0.611. The largest absolute Gasteiger partial charge is 0.384 e. The fourth-order valence-electron chi connectivity index (χ4n) is 4.45. The molecule has 3 aliphatic heterocycles. The van der Waals surface area contributed by atoms with Gasteiger partial charge in [0.25, 0.3) is 5.91 Å². The first kappa shape index (κ1) is 14.1. The molecule has 22 heavy (non-hydrogen) atoms. The van der Waals surface area contributed by atoms with Crippen LogP contribution in [0, 0.1) is 0 Å². The topological polar surface area (TPSA) is 44.4 Å². The van der Waals surface area contributed by atoms with E-state index in [1.54, 1.807) is 0 Å². The Hall–Kier alpha value is -1.55. The van der Waals surface area contributed by atoms with E-state index in [9.17, 15) is 4.79 Å². The zero-order chi connectivity index (χ0) is 15.1. The van der Waals surface area contributed by atoms with Gasteiger partial charge < -0.3 is 15.5 Å². The van der Waals surface area contributed by atoms with Crippen LogP contribution in [-0.4, -0.2) is 42.5 Å². The summed E-state index contributed by atoms with van der Waals surface area (Å²) in [6.07, 6.45) is 7.14. The lowest BCUT2D eigenvalue weighted by Gasteiger charge is -2.47. The molecule has 1 aromatic carbocycles. The summed E-state index contributed by atoms with van der Waals surface area (Å²) in [4.78, 5) is 15.1.